The van der Waals surface area contributed by atoms with Gasteiger partial charge in [-0.15, -0.1) is 5.10 Å². The van der Waals surface area contributed by atoms with Crippen LogP contribution >= 0.6 is 23.4 Å². The molecule has 2 heterocycles. The summed E-state index contributed by atoms with van der Waals surface area (Å²) < 4.78 is 11.2. The van der Waals surface area contributed by atoms with Crippen LogP contribution in [0.4, 0.5) is 0 Å². The maximum absolute atomic E-state index is 6.08. The lowest BCUT2D eigenvalue weighted by molar-refractivity contribution is 0.416. The van der Waals surface area contributed by atoms with E-state index in [4.69, 9.17) is 20.8 Å². The second-order valence-electron chi connectivity index (χ2n) is 5.58. The molecule has 0 amide bonds. The van der Waals surface area contributed by atoms with Crippen molar-refractivity contribution in [2.75, 3.05) is 7.11 Å². The van der Waals surface area contributed by atoms with Gasteiger partial charge in [-0.3, -0.25) is 5.10 Å². The molecule has 4 rings (SSSR count). The SMILES string of the molecule is COc1ccc(Cl)cc1-c1nc(SCc2ncc(-c3ccccc3)o2)n[nH]1. The highest BCUT2D eigenvalue weighted by Crippen LogP contribution is 2.31. The number of rotatable bonds is 6. The minimum atomic E-state index is 0.525. The van der Waals surface area contributed by atoms with Crippen LogP contribution in [0.3, 0.4) is 0 Å². The Labute approximate surface area is 165 Å². The van der Waals surface area contributed by atoms with Gasteiger partial charge >= 0.3 is 0 Å². The van der Waals surface area contributed by atoms with E-state index in [1.165, 1.54) is 11.8 Å². The Kier molecular flexibility index (Phi) is 5.13. The number of nitrogens with zero attached hydrogens (tertiary/aromatic N) is 3. The molecule has 0 unspecified atom stereocenters. The Hall–Kier alpha value is -2.77. The molecule has 0 bridgehead atoms. The van der Waals surface area contributed by atoms with Crippen molar-refractivity contribution in [2.24, 2.45) is 0 Å². The zero-order valence-corrected chi connectivity index (χ0v) is 15.9. The number of halogens is 1. The molecule has 2 aromatic carbocycles. The molecule has 0 fully saturated rings. The van der Waals surface area contributed by atoms with E-state index in [-0.39, 0.29) is 0 Å². The average molecular weight is 399 g/mol. The van der Waals surface area contributed by atoms with Crippen LogP contribution in [0, 0.1) is 0 Å². The second-order valence-corrected chi connectivity index (χ2v) is 6.96. The summed E-state index contributed by atoms with van der Waals surface area (Å²) in [5, 5.41) is 8.35. The maximum atomic E-state index is 6.08. The summed E-state index contributed by atoms with van der Waals surface area (Å²) in [6.07, 6.45) is 1.73. The van der Waals surface area contributed by atoms with Crippen LogP contribution < -0.4 is 4.74 Å². The fourth-order valence-electron chi connectivity index (χ4n) is 2.54. The molecule has 6 nitrogen and oxygen atoms in total. The molecule has 1 N–H and O–H groups in total. The predicted molar refractivity (Wildman–Crippen MR) is 105 cm³/mol. The molecule has 27 heavy (non-hydrogen) atoms. The molecule has 8 heteroatoms. The molecule has 136 valence electrons. The van der Waals surface area contributed by atoms with Gasteiger partial charge in [-0.2, -0.15) is 0 Å². The van der Waals surface area contributed by atoms with E-state index < -0.39 is 0 Å². The van der Waals surface area contributed by atoms with Crippen molar-refractivity contribution in [3.05, 3.63) is 65.6 Å². The second kappa shape index (κ2) is 7.85. The van der Waals surface area contributed by atoms with Crippen LogP contribution in [0.15, 0.2) is 64.3 Å². The Morgan fingerprint density at radius 1 is 1.19 bits per heavy atom. The van der Waals surface area contributed by atoms with Crippen molar-refractivity contribution in [2.45, 2.75) is 10.9 Å². The maximum Gasteiger partial charge on any atom is 0.209 e. The Balaban J connectivity index is 1.46. The van der Waals surface area contributed by atoms with Gasteiger partial charge in [-0.1, -0.05) is 53.7 Å². The third-order valence-electron chi connectivity index (χ3n) is 3.82. The molecule has 0 aliphatic heterocycles. The highest BCUT2D eigenvalue weighted by molar-refractivity contribution is 7.98. The first-order valence-corrected chi connectivity index (χ1v) is 9.48. The fraction of sp³-hybridized carbons (Fsp3) is 0.105. The zero-order chi connectivity index (χ0) is 18.6. The van der Waals surface area contributed by atoms with Gasteiger partial charge in [0.2, 0.25) is 11.0 Å². The number of hydrogen-bond acceptors (Lipinski definition) is 6. The lowest BCUT2D eigenvalue weighted by atomic mass is 10.2. The molecule has 0 aliphatic carbocycles. The molecule has 0 saturated carbocycles. The summed E-state index contributed by atoms with van der Waals surface area (Å²) in [4.78, 5) is 8.82. The molecule has 2 aromatic heterocycles. The summed E-state index contributed by atoms with van der Waals surface area (Å²) in [6, 6.07) is 15.2. The summed E-state index contributed by atoms with van der Waals surface area (Å²) in [6.45, 7) is 0. The van der Waals surface area contributed by atoms with Gasteiger partial charge in [-0.25, -0.2) is 9.97 Å². The molecule has 4 aromatic rings. The van der Waals surface area contributed by atoms with Crippen molar-refractivity contribution in [1.82, 2.24) is 20.2 Å². The molecule has 0 atom stereocenters. The van der Waals surface area contributed by atoms with Crippen molar-refractivity contribution < 1.29 is 9.15 Å². The molecular weight excluding hydrogens is 384 g/mol. The predicted octanol–water partition coefficient (Wildman–Crippen LogP) is 5.08. The smallest absolute Gasteiger partial charge is 0.209 e. The lowest BCUT2D eigenvalue weighted by Crippen LogP contribution is -1.89. The zero-order valence-electron chi connectivity index (χ0n) is 14.3. The number of hydrogen-bond donors (Lipinski definition) is 1. The van der Waals surface area contributed by atoms with E-state index in [1.807, 2.05) is 30.3 Å². The quantitative estimate of drug-likeness (QED) is 0.456. The number of methoxy groups -OCH3 is 1. The minimum Gasteiger partial charge on any atom is -0.496 e. The van der Waals surface area contributed by atoms with Crippen LogP contribution in [0.2, 0.25) is 5.02 Å². The van der Waals surface area contributed by atoms with Gasteiger partial charge in [0.25, 0.3) is 0 Å². The molecular formula is C19H15ClN4O2S. The number of thioether (sulfide) groups is 1. The van der Waals surface area contributed by atoms with E-state index in [0.717, 1.165) is 16.9 Å². The summed E-state index contributed by atoms with van der Waals surface area (Å²) in [5.74, 6) is 3.15. The first kappa shape index (κ1) is 17.6. The van der Waals surface area contributed by atoms with Crippen molar-refractivity contribution >= 4 is 23.4 Å². The van der Waals surface area contributed by atoms with Crippen molar-refractivity contribution in [3.8, 4) is 28.5 Å². The number of aromatic amines is 1. The number of ether oxygens (including phenoxy) is 1. The number of nitrogens with one attached hydrogen (secondary N) is 1. The van der Waals surface area contributed by atoms with E-state index in [2.05, 4.69) is 20.2 Å². The molecule has 0 saturated heterocycles. The van der Waals surface area contributed by atoms with Crippen LogP contribution in [-0.2, 0) is 5.75 Å². The van der Waals surface area contributed by atoms with Gasteiger partial charge in [0.05, 0.1) is 24.6 Å². The topological polar surface area (TPSA) is 76.8 Å². The van der Waals surface area contributed by atoms with Gasteiger partial charge in [0.15, 0.2) is 11.6 Å². The lowest BCUT2D eigenvalue weighted by Gasteiger charge is -2.05. The highest BCUT2D eigenvalue weighted by atomic mass is 35.5. The Morgan fingerprint density at radius 2 is 2.04 bits per heavy atom. The van der Waals surface area contributed by atoms with E-state index in [1.54, 1.807) is 31.5 Å². The monoisotopic (exact) mass is 398 g/mol. The first-order valence-electron chi connectivity index (χ1n) is 8.12. The number of aromatic nitrogens is 4. The van der Waals surface area contributed by atoms with Crippen molar-refractivity contribution in [1.29, 1.82) is 0 Å². The third-order valence-corrected chi connectivity index (χ3v) is 4.89. The Bertz CT molecular complexity index is 1050. The summed E-state index contributed by atoms with van der Waals surface area (Å²) >= 11 is 7.51. The average Bonchev–Trinajstić information content (AvgIpc) is 3.37. The number of benzene rings is 2. The van der Waals surface area contributed by atoms with Gasteiger partial charge in [-0.05, 0) is 18.2 Å². The van der Waals surface area contributed by atoms with Crippen molar-refractivity contribution in [3.63, 3.8) is 0 Å². The Morgan fingerprint density at radius 3 is 2.85 bits per heavy atom. The molecule has 0 aliphatic rings. The van der Waals surface area contributed by atoms with Gasteiger partial charge in [0, 0.05) is 10.6 Å². The number of oxazole rings is 1. The van der Waals surface area contributed by atoms with E-state index in [9.17, 15) is 0 Å². The van der Waals surface area contributed by atoms with E-state index >= 15 is 0 Å². The normalized spacial score (nSPS) is 10.9. The van der Waals surface area contributed by atoms with E-state index in [0.29, 0.717) is 33.4 Å². The van der Waals surface area contributed by atoms with Crippen LogP contribution in [0.25, 0.3) is 22.7 Å². The third kappa shape index (κ3) is 3.99. The fourth-order valence-corrected chi connectivity index (χ4v) is 3.36. The number of H-pyrrole nitrogens is 1. The van der Waals surface area contributed by atoms with Crippen LogP contribution in [-0.4, -0.2) is 27.3 Å². The minimum absolute atomic E-state index is 0.525. The van der Waals surface area contributed by atoms with Gasteiger partial charge in [0.1, 0.15) is 5.75 Å². The van der Waals surface area contributed by atoms with Gasteiger partial charge < -0.3 is 9.15 Å². The first-order chi connectivity index (χ1) is 13.2. The summed E-state index contributed by atoms with van der Waals surface area (Å²) in [7, 11) is 1.60. The largest absolute Gasteiger partial charge is 0.496 e. The van der Waals surface area contributed by atoms with Crippen LogP contribution in [0.1, 0.15) is 5.89 Å². The van der Waals surface area contributed by atoms with Crippen LogP contribution in [0.5, 0.6) is 5.75 Å². The molecule has 0 radical (unpaired) electrons. The standard InChI is InChI=1S/C19H15ClN4O2S/c1-25-15-8-7-13(20)9-14(15)18-22-19(24-23-18)27-11-17-21-10-16(26-17)12-5-3-2-4-6-12/h2-10H,11H2,1H3,(H,22,23,24). The summed E-state index contributed by atoms with van der Waals surface area (Å²) in [5.41, 5.74) is 1.75. The highest BCUT2D eigenvalue weighted by Gasteiger charge is 2.13. The molecule has 0 spiro atoms.